The van der Waals surface area contributed by atoms with E-state index in [0.717, 1.165) is 0 Å². The molecule has 0 radical (unpaired) electrons. The van der Waals surface area contributed by atoms with Gasteiger partial charge in [0.25, 0.3) is 5.82 Å². The van der Waals surface area contributed by atoms with Gasteiger partial charge in [0.15, 0.2) is 0 Å². The number of methoxy groups -OCH3 is 2. The first kappa shape index (κ1) is 20.6. The molecule has 0 aromatic carbocycles. The van der Waals surface area contributed by atoms with Crippen molar-refractivity contribution < 1.29 is 19.1 Å². The Bertz CT molecular complexity index is 837. The summed E-state index contributed by atoms with van der Waals surface area (Å²) in [5.41, 5.74) is 0.520. The third-order valence-electron chi connectivity index (χ3n) is 2.57. The van der Waals surface area contributed by atoms with E-state index < -0.39 is 11.9 Å². The highest BCUT2D eigenvalue weighted by molar-refractivity contribution is 6.41. The van der Waals surface area contributed by atoms with Gasteiger partial charge >= 0.3 is 11.9 Å². The topological polar surface area (TPSA) is 82.7 Å². The standard InChI is InChI=1S/C8H5ClN2O2.C7H5Cl2NO2/c1-10-7-6(9)3-5(4-11-7)8(12)13-2;1-12-7(11)4-2-5(8)6(9)10-3-4/h3-4H,2H3;2-3H,1H3. The number of nitrogens with zero attached hydrogens (tertiary/aromatic N) is 3. The predicted molar refractivity (Wildman–Crippen MR) is 92.4 cm³/mol. The average Bonchev–Trinajstić information content (AvgIpc) is 2.63. The molecule has 130 valence electrons. The van der Waals surface area contributed by atoms with Crippen LogP contribution in [0.15, 0.2) is 24.5 Å². The molecule has 0 aliphatic carbocycles. The normalized spacial score (nSPS) is 9.28. The Morgan fingerprint density at radius 1 is 0.960 bits per heavy atom. The van der Waals surface area contributed by atoms with Crippen LogP contribution in [0.3, 0.4) is 0 Å². The van der Waals surface area contributed by atoms with E-state index in [1.165, 1.54) is 38.7 Å². The molecule has 0 aliphatic heterocycles. The summed E-state index contributed by atoms with van der Waals surface area (Å²) in [6, 6.07) is 2.76. The summed E-state index contributed by atoms with van der Waals surface area (Å²) in [5.74, 6) is -0.929. The number of esters is 2. The summed E-state index contributed by atoms with van der Waals surface area (Å²) in [5, 5.41) is 0.557. The van der Waals surface area contributed by atoms with Gasteiger partial charge in [0, 0.05) is 6.20 Å². The van der Waals surface area contributed by atoms with E-state index in [2.05, 4.69) is 24.3 Å². The van der Waals surface area contributed by atoms with E-state index in [9.17, 15) is 9.59 Å². The first-order valence-corrected chi connectivity index (χ1v) is 7.48. The van der Waals surface area contributed by atoms with Crippen LogP contribution in [-0.2, 0) is 9.47 Å². The summed E-state index contributed by atoms with van der Waals surface area (Å²) in [4.78, 5) is 32.3. The fourth-order valence-electron chi connectivity index (χ4n) is 1.39. The van der Waals surface area contributed by atoms with Crippen molar-refractivity contribution in [2.24, 2.45) is 0 Å². The van der Waals surface area contributed by atoms with Crippen molar-refractivity contribution in [1.82, 2.24) is 9.97 Å². The van der Waals surface area contributed by atoms with Gasteiger partial charge in [-0.15, -0.1) is 4.98 Å². The minimum Gasteiger partial charge on any atom is -0.465 e. The number of rotatable bonds is 2. The quantitative estimate of drug-likeness (QED) is 0.424. The molecule has 2 heterocycles. The van der Waals surface area contributed by atoms with E-state index in [4.69, 9.17) is 41.4 Å². The van der Waals surface area contributed by atoms with Gasteiger partial charge in [-0.3, -0.25) is 0 Å². The number of hydrogen-bond acceptors (Lipinski definition) is 6. The van der Waals surface area contributed by atoms with Crippen LogP contribution in [0.5, 0.6) is 0 Å². The Morgan fingerprint density at radius 3 is 1.84 bits per heavy atom. The third kappa shape index (κ3) is 5.87. The van der Waals surface area contributed by atoms with E-state index in [1.54, 1.807) is 0 Å². The molecular weight excluding hydrogens is 393 g/mol. The summed E-state index contributed by atoms with van der Waals surface area (Å²) >= 11 is 16.8. The maximum atomic E-state index is 11.0. The van der Waals surface area contributed by atoms with Crippen LogP contribution in [0.4, 0.5) is 5.82 Å². The Balaban J connectivity index is 0.000000251. The smallest absolute Gasteiger partial charge is 0.341 e. The van der Waals surface area contributed by atoms with Crippen molar-refractivity contribution in [3.63, 3.8) is 0 Å². The molecule has 0 saturated heterocycles. The molecule has 2 aromatic rings. The SMILES string of the molecule is COC(=O)c1cnc(Cl)c(Cl)c1.[C-]#[N+]c1ncc(C(=O)OC)cc1Cl. The molecule has 0 fully saturated rings. The molecule has 0 bridgehead atoms. The largest absolute Gasteiger partial charge is 0.465 e. The molecule has 10 heteroatoms. The lowest BCUT2D eigenvalue weighted by Crippen LogP contribution is -2.01. The zero-order valence-electron chi connectivity index (χ0n) is 12.9. The summed E-state index contributed by atoms with van der Waals surface area (Å²) in [6.45, 7) is 6.67. The first-order valence-electron chi connectivity index (χ1n) is 6.34. The first-order chi connectivity index (χ1) is 11.8. The summed E-state index contributed by atoms with van der Waals surface area (Å²) in [6.07, 6.45) is 2.56. The van der Waals surface area contributed by atoms with Crippen LogP contribution in [0.1, 0.15) is 20.7 Å². The lowest BCUT2D eigenvalue weighted by Gasteiger charge is -1.99. The van der Waals surface area contributed by atoms with Gasteiger partial charge in [-0.1, -0.05) is 41.4 Å². The number of carbonyl (C=O) groups excluding carboxylic acids is 2. The number of hydrogen-bond donors (Lipinski definition) is 0. The van der Waals surface area contributed by atoms with Crippen molar-refractivity contribution in [3.05, 3.63) is 62.3 Å². The lowest BCUT2D eigenvalue weighted by atomic mass is 10.3. The fraction of sp³-hybridized carbons (Fsp3) is 0.133. The molecule has 0 N–H and O–H groups in total. The Hall–Kier alpha value is -2.40. The third-order valence-corrected chi connectivity index (χ3v) is 3.53. The highest BCUT2D eigenvalue weighted by atomic mass is 35.5. The molecule has 0 aliphatic rings. The number of ether oxygens (including phenoxy) is 2. The summed E-state index contributed by atoms with van der Waals surface area (Å²) < 4.78 is 8.90. The van der Waals surface area contributed by atoms with E-state index in [-0.39, 0.29) is 32.1 Å². The van der Waals surface area contributed by atoms with Gasteiger partial charge in [0.1, 0.15) is 16.9 Å². The zero-order valence-corrected chi connectivity index (χ0v) is 15.2. The van der Waals surface area contributed by atoms with E-state index >= 15 is 0 Å². The van der Waals surface area contributed by atoms with Crippen molar-refractivity contribution >= 4 is 52.6 Å². The number of carbonyl (C=O) groups is 2. The monoisotopic (exact) mass is 401 g/mol. The van der Waals surface area contributed by atoms with Crippen molar-refractivity contribution in [2.45, 2.75) is 0 Å². The molecule has 25 heavy (non-hydrogen) atoms. The number of aromatic nitrogens is 2. The van der Waals surface area contributed by atoms with Gasteiger partial charge in [-0.25, -0.2) is 14.6 Å². The summed E-state index contributed by atoms with van der Waals surface area (Å²) in [7, 11) is 2.55. The van der Waals surface area contributed by atoms with Crippen LogP contribution in [0, 0.1) is 6.57 Å². The van der Waals surface area contributed by atoms with Crippen molar-refractivity contribution in [2.75, 3.05) is 14.2 Å². The average molecular weight is 403 g/mol. The van der Waals surface area contributed by atoms with Crippen LogP contribution in [0.25, 0.3) is 4.85 Å². The highest BCUT2D eigenvalue weighted by Gasteiger charge is 2.11. The van der Waals surface area contributed by atoms with Gasteiger partial charge < -0.3 is 14.3 Å². The van der Waals surface area contributed by atoms with Gasteiger partial charge in [0.05, 0.1) is 29.8 Å². The fourth-order valence-corrected chi connectivity index (χ4v) is 1.87. The van der Waals surface area contributed by atoms with Crippen LogP contribution in [-0.4, -0.2) is 36.1 Å². The molecule has 0 amide bonds. The van der Waals surface area contributed by atoms with Crippen LogP contribution in [0.2, 0.25) is 15.2 Å². The molecule has 0 unspecified atom stereocenters. The maximum Gasteiger partial charge on any atom is 0.341 e. The number of halogens is 3. The Morgan fingerprint density at radius 2 is 1.44 bits per heavy atom. The second-order valence-corrected chi connectivity index (χ2v) is 5.29. The molecule has 0 saturated carbocycles. The molecule has 2 aromatic heterocycles. The van der Waals surface area contributed by atoms with Crippen LogP contribution >= 0.6 is 34.8 Å². The minimum absolute atomic E-state index is 0.0781. The highest BCUT2D eigenvalue weighted by Crippen LogP contribution is 2.22. The molecule has 0 atom stereocenters. The van der Waals surface area contributed by atoms with Crippen LogP contribution < -0.4 is 0 Å². The molecule has 0 spiro atoms. The zero-order chi connectivity index (χ0) is 19.0. The number of pyridine rings is 2. The molecule has 7 nitrogen and oxygen atoms in total. The second-order valence-electron chi connectivity index (χ2n) is 4.12. The molecule has 2 rings (SSSR count). The lowest BCUT2D eigenvalue weighted by molar-refractivity contribution is 0.0591. The van der Waals surface area contributed by atoms with E-state index in [0.29, 0.717) is 0 Å². The maximum absolute atomic E-state index is 11.0. The van der Waals surface area contributed by atoms with Gasteiger partial charge in [0.2, 0.25) is 0 Å². The Labute approximate surface area is 158 Å². The van der Waals surface area contributed by atoms with Gasteiger partial charge in [-0.05, 0) is 12.1 Å². The van der Waals surface area contributed by atoms with E-state index in [1.807, 2.05) is 0 Å². The van der Waals surface area contributed by atoms with Gasteiger partial charge in [-0.2, -0.15) is 0 Å². The molecular formula is C15H10Cl3N3O4. The predicted octanol–water partition coefficient (Wildman–Crippen LogP) is 4.25. The minimum atomic E-state index is -0.522. The van der Waals surface area contributed by atoms with Crippen molar-refractivity contribution in [1.29, 1.82) is 0 Å². The van der Waals surface area contributed by atoms with Crippen molar-refractivity contribution in [3.8, 4) is 0 Å². The Kier molecular flexibility index (Phi) is 8.08. The second kappa shape index (κ2) is 9.79.